The predicted molar refractivity (Wildman–Crippen MR) is 131 cm³/mol. The van der Waals surface area contributed by atoms with E-state index in [4.69, 9.17) is 30.5 Å². The molecule has 0 amide bonds. The Hall–Kier alpha value is -2.47. The molecule has 6 nitrogen and oxygen atoms in total. The van der Waals surface area contributed by atoms with Crippen LogP contribution in [-0.4, -0.2) is 25.2 Å². The Balaban J connectivity index is 2.73. The van der Waals surface area contributed by atoms with Crippen LogP contribution >= 0.6 is 11.6 Å². The Labute approximate surface area is 201 Å². The summed E-state index contributed by atoms with van der Waals surface area (Å²) >= 11 is 6.56. The molecule has 0 atom stereocenters. The molecule has 0 aliphatic heterocycles. The quantitative estimate of drug-likeness (QED) is 0.161. The summed E-state index contributed by atoms with van der Waals surface area (Å²) in [6, 6.07) is 5.20. The van der Waals surface area contributed by atoms with Crippen molar-refractivity contribution in [3.8, 4) is 23.0 Å². The molecule has 0 aromatic heterocycles. The van der Waals surface area contributed by atoms with E-state index in [1.54, 1.807) is 18.2 Å². The van der Waals surface area contributed by atoms with Crippen LogP contribution < -0.4 is 18.9 Å². The minimum atomic E-state index is -0.498. The van der Waals surface area contributed by atoms with Crippen molar-refractivity contribution < 1.29 is 28.5 Å². The lowest BCUT2D eigenvalue weighted by atomic mass is 10.1. The second kappa shape index (κ2) is 13.9. The van der Waals surface area contributed by atoms with Crippen LogP contribution in [0, 0.1) is 0 Å². The number of benzene rings is 2. The van der Waals surface area contributed by atoms with Crippen molar-refractivity contribution in [3.63, 3.8) is 0 Å². The lowest BCUT2D eigenvalue weighted by Crippen LogP contribution is -2.13. The number of unbranched alkanes of at least 4 members (excludes halogenated alkanes) is 4. The molecule has 0 bridgehead atoms. The number of carbonyl (C=O) groups is 2. The Morgan fingerprint density at radius 3 is 1.94 bits per heavy atom. The number of ether oxygens (including phenoxy) is 4. The third kappa shape index (κ3) is 7.53. The summed E-state index contributed by atoms with van der Waals surface area (Å²) in [6.07, 6.45) is 6.58. The molecule has 0 fully saturated rings. The zero-order valence-electron chi connectivity index (χ0n) is 20.1. The maximum Gasteiger partial charge on any atom is 0.311 e. The van der Waals surface area contributed by atoms with Gasteiger partial charge in [0.05, 0.1) is 23.6 Å². The number of hydrogen-bond acceptors (Lipinski definition) is 6. The molecule has 0 unspecified atom stereocenters. The van der Waals surface area contributed by atoms with Gasteiger partial charge < -0.3 is 18.9 Å². The van der Waals surface area contributed by atoms with Crippen LogP contribution in [0.15, 0.2) is 18.2 Å². The first kappa shape index (κ1) is 26.8. The molecule has 0 saturated heterocycles. The average molecular weight is 479 g/mol. The normalized spacial score (nSPS) is 10.8. The summed E-state index contributed by atoms with van der Waals surface area (Å²) in [7, 11) is 0. The highest BCUT2D eigenvalue weighted by Crippen LogP contribution is 2.53. The molecular weight excluding hydrogens is 444 g/mol. The summed E-state index contributed by atoms with van der Waals surface area (Å²) < 4.78 is 23.7. The van der Waals surface area contributed by atoms with Crippen molar-refractivity contribution >= 4 is 34.3 Å². The minimum Gasteiger partial charge on any atom is -0.486 e. The first-order chi connectivity index (χ1) is 15.9. The Morgan fingerprint density at radius 1 is 0.788 bits per heavy atom. The third-order valence-corrected chi connectivity index (χ3v) is 5.32. The van der Waals surface area contributed by atoms with E-state index in [1.807, 2.05) is 6.92 Å². The van der Waals surface area contributed by atoms with E-state index >= 15 is 0 Å². The second-order valence-corrected chi connectivity index (χ2v) is 8.31. The summed E-state index contributed by atoms with van der Waals surface area (Å²) in [5.74, 6) is 0.0247. The van der Waals surface area contributed by atoms with E-state index in [2.05, 4.69) is 13.8 Å². The molecule has 0 saturated carbocycles. The van der Waals surface area contributed by atoms with Crippen molar-refractivity contribution in [2.24, 2.45) is 0 Å². The van der Waals surface area contributed by atoms with Gasteiger partial charge in [0, 0.05) is 18.7 Å². The second-order valence-electron chi connectivity index (χ2n) is 7.91. The highest BCUT2D eigenvalue weighted by atomic mass is 35.5. The molecule has 0 N–H and O–H groups in total. The number of carbonyl (C=O) groups excluding carboxylic acids is 2. The highest BCUT2D eigenvalue weighted by Gasteiger charge is 2.28. The summed E-state index contributed by atoms with van der Waals surface area (Å²) in [4.78, 5) is 24.5. The molecular formula is C26H35ClO6. The van der Waals surface area contributed by atoms with Gasteiger partial charge >= 0.3 is 11.9 Å². The fraction of sp³-hybridized carbons (Fsp3) is 0.538. The standard InChI is InChI=1S/C26H35ClO6/c1-5-8-10-16-30-25-23(32-18(4)28)19-14-12-15-20(27)22(19)24(33-21(29)13-7-3)26(25)31-17-11-9-6-2/h12,14-15H,5-11,13,16-17H2,1-4H3. The fourth-order valence-corrected chi connectivity index (χ4v) is 3.67. The maximum atomic E-state index is 12.5. The molecule has 0 aliphatic rings. The van der Waals surface area contributed by atoms with E-state index < -0.39 is 11.9 Å². The Morgan fingerprint density at radius 2 is 1.39 bits per heavy atom. The van der Waals surface area contributed by atoms with Crippen molar-refractivity contribution in [3.05, 3.63) is 23.2 Å². The fourth-order valence-electron chi connectivity index (χ4n) is 3.41. The van der Waals surface area contributed by atoms with Gasteiger partial charge in [-0.1, -0.05) is 70.2 Å². The first-order valence-corrected chi connectivity index (χ1v) is 12.2. The summed E-state index contributed by atoms with van der Waals surface area (Å²) in [5.41, 5.74) is 0. The number of rotatable bonds is 14. The Kier molecular flexibility index (Phi) is 11.3. The van der Waals surface area contributed by atoms with Crippen LogP contribution in [0.2, 0.25) is 5.02 Å². The first-order valence-electron chi connectivity index (χ1n) is 11.9. The number of hydrogen-bond donors (Lipinski definition) is 0. The molecule has 0 spiro atoms. The molecule has 0 radical (unpaired) electrons. The predicted octanol–water partition coefficient (Wildman–Crippen LogP) is 7.26. The van der Waals surface area contributed by atoms with Crippen LogP contribution in [0.3, 0.4) is 0 Å². The van der Waals surface area contributed by atoms with E-state index in [1.165, 1.54) is 6.92 Å². The SMILES string of the molecule is CCCCCOc1c(OCCCCC)c(OC(=O)CCC)c2c(Cl)cccc2c1OC(C)=O. The van der Waals surface area contributed by atoms with Crippen molar-refractivity contribution in [2.45, 2.75) is 79.1 Å². The van der Waals surface area contributed by atoms with Gasteiger partial charge in [-0.05, 0) is 25.3 Å². The number of esters is 2. The van der Waals surface area contributed by atoms with Gasteiger partial charge in [0.15, 0.2) is 11.5 Å². The lowest BCUT2D eigenvalue weighted by molar-refractivity contribution is -0.134. The molecule has 182 valence electrons. The zero-order valence-corrected chi connectivity index (χ0v) is 20.9. The van der Waals surface area contributed by atoms with Crippen molar-refractivity contribution in [1.29, 1.82) is 0 Å². The minimum absolute atomic E-state index is 0.201. The van der Waals surface area contributed by atoms with Crippen molar-refractivity contribution in [1.82, 2.24) is 0 Å². The van der Waals surface area contributed by atoms with Gasteiger partial charge in [-0.2, -0.15) is 0 Å². The van der Waals surface area contributed by atoms with Gasteiger partial charge in [0.1, 0.15) is 0 Å². The topological polar surface area (TPSA) is 71.1 Å². The molecule has 0 heterocycles. The van der Waals surface area contributed by atoms with Crippen LogP contribution in [0.1, 0.15) is 79.1 Å². The summed E-state index contributed by atoms with van der Waals surface area (Å²) in [6.45, 7) is 8.24. The van der Waals surface area contributed by atoms with Crippen molar-refractivity contribution in [2.75, 3.05) is 13.2 Å². The van der Waals surface area contributed by atoms with Crippen LogP contribution in [0.25, 0.3) is 10.8 Å². The lowest BCUT2D eigenvalue weighted by Gasteiger charge is -2.22. The van der Waals surface area contributed by atoms with Gasteiger partial charge in [-0.25, -0.2) is 0 Å². The molecule has 2 rings (SSSR count). The monoisotopic (exact) mass is 478 g/mol. The molecule has 2 aromatic rings. The smallest absolute Gasteiger partial charge is 0.311 e. The van der Waals surface area contributed by atoms with E-state index in [9.17, 15) is 9.59 Å². The molecule has 2 aromatic carbocycles. The van der Waals surface area contributed by atoms with E-state index in [-0.39, 0.29) is 29.4 Å². The largest absolute Gasteiger partial charge is 0.486 e. The number of fused-ring (bicyclic) bond motifs is 1. The third-order valence-electron chi connectivity index (χ3n) is 5.01. The van der Waals surface area contributed by atoms with E-state index in [0.29, 0.717) is 35.4 Å². The van der Waals surface area contributed by atoms with E-state index in [0.717, 1.165) is 38.5 Å². The van der Waals surface area contributed by atoms with Crippen LogP contribution in [0.5, 0.6) is 23.0 Å². The van der Waals surface area contributed by atoms with Gasteiger partial charge in [0.25, 0.3) is 0 Å². The highest BCUT2D eigenvalue weighted by molar-refractivity contribution is 6.36. The van der Waals surface area contributed by atoms with Crippen LogP contribution in [-0.2, 0) is 9.59 Å². The van der Waals surface area contributed by atoms with Gasteiger partial charge in [0.2, 0.25) is 11.5 Å². The van der Waals surface area contributed by atoms with Gasteiger partial charge in [-0.3, -0.25) is 9.59 Å². The Bertz CT molecular complexity index is 940. The molecule has 7 heteroatoms. The molecule has 33 heavy (non-hydrogen) atoms. The van der Waals surface area contributed by atoms with Crippen LogP contribution in [0.4, 0.5) is 0 Å². The maximum absolute atomic E-state index is 12.5. The molecule has 0 aliphatic carbocycles. The number of halogens is 1. The zero-order chi connectivity index (χ0) is 24.2. The van der Waals surface area contributed by atoms with Gasteiger partial charge in [-0.15, -0.1) is 0 Å². The summed E-state index contributed by atoms with van der Waals surface area (Å²) in [5, 5.41) is 1.32. The average Bonchev–Trinajstić information content (AvgIpc) is 2.77.